The predicted molar refractivity (Wildman–Crippen MR) is 75.3 cm³/mol. The van der Waals surface area contributed by atoms with Gasteiger partial charge < -0.3 is 15.8 Å². The number of aromatic nitrogens is 3. The first-order valence-corrected chi connectivity index (χ1v) is 6.25. The van der Waals surface area contributed by atoms with Gasteiger partial charge in [-0.3, -0.25) is 9.48 Å². The highest BCUT2D eigenvalue weighted by Crippen LogP contribution is 2.26. The first kappa shape index (κ1) is 13.9. The SMILES string of the molecule is COc1ccc(N)cc1NC(=O)CCCn1cncn1. The molecule has 0 unspecified atom stereocenters. The minimum Gasteiger partial charge on any atom is -0.495 e. The second kappa shape index (κ2) is 6.55. The van der Waals surface area contributed by atoms with Crippen LogP contribution in [0.5, 0.6) is 5.75 Å². The van der Waals surface area contributed by atoms with Crippen molar-refractivity contribution in [3.05, 3.63) is 30.9 Å². The highest BCUT2D eigenvalue weighted by atomic mass is 16.5. The molecular weight excluding hydrogens is 258 g/mol. The molecule has 0 aliphatic rings. The molecule has 1 aromatic heterocycles. The van der Waals surface area contributed by atoms with Gasteiger partial charge in [0.25, 0.3) is 0 Å². The molecule has 106 valence electrons. The second-order valence-corrected chi connectivity index (χ2v) is 4.27. The van der Waals surface area contributed by atoms with E-state index in [9.17, 15) is 4.79 Å². The monoisotopic (exact) mass is 275 g/mol. The standard InChI is InChI=1S/C13H17N5O2/c1-20-12-5-4-10(14)7-11(12)17-13(19)3-2-6-18-9-15-8-16-18/h4-5,7-9H,2-3,6,14H2,1H3,(H,17,19). The third kappa shape index (κ3) is 3.71. The Morgan fingerprint density at radius 2 is 2.35 bits per heavy atom. The number of carbonyl (C=O) groups is 1. The molecule has 0 atom stereocenters. The maximum absolute atomic E-state index is 11.9. The van der Waals surface area contributed by atoms with Crippen molar-refractivity contribution in [2.24, 2.45) is 0 Å². The molecular formula is C13H17N5O2. The first-order valence-electron chi connectivity index (χ1n) is 6.25. The molecule has 1 amide bonds. The van der Waals surface area contributed by atoms with Crippen molar-refractivity contribution in [2.45, 2.75) is 19.4 Å². The lowest BCUT2D eigenvalue weighted by Gasteiger charge is -2.10. The highest BCUT2D eigenvalue weighted by molar-refractivity contribution is 5.92. The molecule has 7 heteroatoms. The van der Waals surface area contributed by atoms with Crippen molar-refractivity contribution in [1.82, 2.24) is 14.8 Å². The van der Waals surface area contributed by atoms with Gasteiger partial charge in [0.05, 0.1) is 12.8 Å². The van der Waals surface area contributed by atoms with Gasteiger partial charge in [0.2, 0.25) is 5.91 Å². The quantitative estimate of drug-likeness (QED) is 0.774. The zero-order valence-corrected chi connectivity index (χ0v) is 11.2. The van der Waals surface area contributed by atoms with Gasteiger partial charge >= 0.3 is 0 Å². The van der Waals surface area contributed by atoms with Crippen LogP contribution in [0.1, 0.15) is 12.8 Å². The third-order valence-electron chi connectivity index (χ3n) is 2.76. The number of methoxy groups -OCH3 is 1. The zero-order chi connectivity index (χ0) is 14.4. The van der Waals surface area contributed by atoms with Crippen LogP contribution in [0.4, 0.5) is 11.4 Å². The molecule has 0 saturated carbocycles. The van der Waals surface area contributed by atoms with E-state index in [4.69, 9.17) is 10.5 Å². The Morgan fingerprint density at radius 3 is 3.05 bits per heavy atom. The van der Waals surface area contributed by atoms with Crippen LogP contribution in [-0.2, 0) is 11.3 Å². The topological polar surface area (TPSA) is 95.1 Å². The molecule has 3 N–H and O–H groups in total. The minimum atomic E-state index is -0.0889. The summed E-state index contributed by atoms with van der Waals surface area (Å²) in [7, 11) is 1.55. The number of nitrogen functional groups attached to an aromatic ring is 1. The van der Waals surface area contributed by atoms with E-state index in [0.29, 0.717) is 36.5 Å². The Morgan fingerprint density at radius 1 is 1.50 bits per heavy atom. The molecule has 20 heavy (non-hydrogen) atoms. The number of benzene rings is 1. The number of hydrogen-bond acceptors (Lipinski definition) is 5. The third-order valence-corrected chi connectivity index (χ3v) is 2.76. The molecule has 0 radical (unpaired) electrons. The summed E-state index contributed by atoms with van der Waals surface area (Å²) >= 11 is 0. The molecule has 2 aromatic rings. The fourth-order valence-electron chi connectivity index (χ4n) is 1.79. The van der Waals surface area contributed by atoms with Crippen LogP contribution < -0.4 is 15.8 Å². The molecule has 7 nitrogen and oxygen atoms in total. The zero-order valence-electron chi connectivity index (χ0n) is 11.2. The Labute approximate surface area is 116 Å². The van der Waals surface area contributed by atoms with Crippen LogP contribution in [0.25, 0.3) is 0 Å². The smallest absolute Gasteiger partial charge is 0.224 e. The molecule has 0 saturated heterocycles. The molecule has 0 fully saturated rings. The Bertz CT molecular complexity index is 568. The molecule has 1 heterocycles. The summed E-state index contributed by atoms with van der Waals surface area (Å²) in [6.07, 6.45) is 4.16. The van der Waals surface area contributed by atoms with E-state index in [0.717, 1.165) is 0 Å². The Hall–Kier alpha value is -2.57. The van der Waals surface area contributed by atoms with Crippen LogP contribution in [0.3, 0.4) is 0 Å². The molecule has 0 spiro atoms. The summed E-state index contributed by atoms with van der Waals surface area (Å²) < 4.78 is 6.86. The fourth-order valence-corrected chi connectivity index (χ4v) is 1.79. The lowest BCUT2D eigenvalue weighted by atomic mass is 10.2. The van der Waals surface area contributed by atoms with Crippen molar-refractivity contribution in [2.75, 3.05) is 18.2 Å². The number of nitrogens with two attached hydrogens (primary N) is 1. The average Bonchev–Trinajstić information content (AvgIpc) is 2.92. The summed E-state index contributed by atoms with van der Waals surface area (Å²) in [5, 5.41) is 6.77. The molecule has 0 bridgehead atoms. The van der Waals surface area contributed by atoms with Gasteiger partial charge in [-0.05, 0) is 24.6 Å². The van der Waals surface area contributed by atoms with Gasteiger partial charge in [0.1, 0.15) is 18.4 Å². The minimum absolute atomic E-state index is 0.0889. The lowest BCUT2D eigenvalue weighted by Crippen LogP contribution is -2.13. The number of nitrogens with one attached hydrogen (secondary N) is 1. The van der Waals surface area contributed by atoms with E-state index in [1.165, 1.54) is 6.33 Å². The fraction of sp³-hybridized carbons (Fsp3) is 0.308. The number of anilines is 2. The van der Waals surface area contributed by atoms with Crippen LogP contribution in [0.15, 0.2) is 30.9 Å². The maximum atomic E-state index is 11.9. The molecule has 2 rings (SSSR count). The number of hydrogen-bond donors (Lipinski definition) is 2. The predicted octanol–water partition coefficient (Wildman–Crippen LogP) is 1.29. The van der Waals surface area contributed by atoms with Gasteiger partial charge in [-0.2, -0.15) is 5.10 Å². The second-order valence-electron chi connectivity index (χ2n) is 4.27. The van der Waals surface area contributed by atoms with E-state index < -0.39 is 0 Å². The summed E-state index contributed by atoms with van der Waals surface area (Å²) in [5.74, 6) is 0.498. The van der Waals surface area contributed by atoms with Crippen molar-refractivity contribution in [1.29, 1.82) is 0 Å². The number of nitrogens with zero attached hydrogens (tertiary/aromatic N) is 3. The summed E-state index contributed by atoms with van der Waals surface area (Å²) in [5.41, 5.74) is 6.85. The van der Waals surface area contributed by atoms with Gasteiger partial charge in [-0.25, -0.2) is 4.98 Å². The number of aryl methyl sites for hydroxylation is 1. The molecule has 1 aromatic carbocycles. The molecule has 0 aliphatic heterocycles. The number of rotatable bonds is 6. The maximum Gasteiger partial charge on any atom is 0.224 e. The van der Waals surface area contributed by atoms with E-state index in [-0.39, 0.29) is 5.91 Å². The van der Waals surface area contributed by atoms with Gasteiger partial charge in [0.15, 0.2) is 0 Å². The summed E-state index contributed by atoms with van der Waals surface area (Å²) in [6.45, 7) is 0.654. The van der Waals surface area contributed by atoms with Gasteiger partial charge in [-0.1, -0.05) is 0 Å². The number of ether oxygens (including phenoxy) is 1. The van der Waals surface area contributed by atoms with E-state index in [1.807, 2.05) is 0 Å². The van der Waals surface area contributed by atoms with Crippen LogP contribution in [0.2, 0.25) is 0 Å². The number of carbonyl (C=O) groups excluding carboxylic acids is 1. The van der Waals surface area contributed by atoms with Crippen molar-refractivity contribution in [3.63, 3.8) is 0 Å². The first-order chi connectivity index (χ1) is 9.69. The van der Waals surface area contributed by atoms with Crippen molar-refractivity contribution >= 4 is 17.3 Å². The van der Waals surface area contributed by atoms with E-state index >= 15 is 0 Å². The van der Waals surface area contributed by atoms with Gasteiger partial charge in [-0.15, -0.1) is 0 Å². The average molecular weight is 275 g/mol. The lowest BCUT2D eigenvalue weighted by molar-refractivity contribution is -0.116. The highest BCUT2D eigenvalue weighted by Gasteiger charge is 2.08. The number of amides is 1. The van der Waals surface area contributed by atoms with Crippen molar-refractivity contribution < 1.29 is 9.53 Å². The largest absolute Gasteiger partial charge is 0.495 e. The van der Waals surface area contributed by atoms with E-state index in [1.54, 1.807) is 36.3 Å². The Balaban J connectivity index is 1.86. The van der Waals surface area contributed by atoms with Crippen molar-refractivity contribution in [3.8, 4) is 5.75 Å². The van der Waals surface area contributed by atoms with Crippen LogP contribution in [0, 0.1) is 0 Å². The van der Waals surface area contributed by atoms with Crippen LogP contribution >= 0.6 is 0 Å². The summed E-state index contributed by atoms with van der Waals surface area (Å²) in [4.78, 5) is 15.7. The molecule has 0 aliphatic carbocycles. The Kier molecular flexibility index (Phi) is 4.54. The van der Waals surface area contributed by atoms with Crippen LogP contribution in [-0.4, -0.2) is 27.8 Å². The summed E-state index contributed by atoms with van der Waals surface area (Å²) in [6, 6.07) is 5.12. The van der Waals surface area contributed by atoms with E-state index in [2.05, 4.69) is 15.4 Å². The van der Waals surface area contributed by atoms with Gasteiger partial charge in [0, 0.05) is 18.7 Å². The normalized spacial score (nSPS) is 10.2.